The number of benzene rings is 1. The summed E-state index contributed by atoms with van der Waals surface area (Å²) in [6.07, 6.45) is 0. The van der Waals surface area contributed by atoms with Crippen LogP contribution in [0, 0.1) is 0 Å². The molecule has 0 aliphatic heterocycles. The maximum atomic E-state index is 9.35. The van der Waals surface area contributed by atoms with E-state index in [1.165, 1.54) is 0 Å². The van der Waals surface area contributed by atoms with Crippen molar-refractivity contribution in [2.75, 3.05) is 0 Å². The number of amides is 2. The van der Waals surface area contributed by atoms with Crippen LogP contribution in [-0.4, -0.2) is 6.03 Å². The van der Waals surface area contributed by atoms with Gasteiger partial charge in [0.25, 0.3) is 0 Å². The van der Waals surface area contributed by atoms with E-state index in [9.17, 15) is 4.79 Å². The minimum Gasteiger partial charge on any atom is -0.351 e. The van der Waals surface area contributed by atoms with Crippen molar-refractivity contribution in [1.82, 2.24) is 5.43 Å². The van der Waals surface area contributed by atoms with E-state index in [0.29, 0.717) is 0 Å². The zero-order valence-corrected chi connectivity index (χ0v) is 7.53. The second kappa shape index (κ2) is 9.80. The summed E-state index contributed by atoms with van der Waals surface area (Å²) in [4.78, 5) is 9.35. The number of hydrogen-bond acceptors (Lipinski definition) is 2. The second-order valence-corrected chi connectivity index (χ2v) is 1.66. The summed E-state index contributed by atoms with van der Waals surface area (Å²) >= 11 is 0. The molecule has 0 aliphatic carbocycles. The molecule has 1 aromatic carbocycles. The van der Waals surface area contributed by atoms with Crippen LogP contribution in [0.15, 0.2) is 36.4 Å². The van der Waals surface area contributed by atoms with Crippen molar-refractivity contribution in [3.8, 4) is 0 Å². The molecular formula is C7H13N3OS. The molecule has 12 heavy (non-hydrogen) atoms. The van der Waals surface area contributed by atoms with Crippen molar-refractivity contribution in [2.24, 2.45) is 11.6 Å². The Labute approximate surface area is 78.4 Å². The standard InChI is InChI=1S/C6H6.CH5N3O.H2S/c1-2-4-6-5-3-1;2-1(5)4-3;/h1-6H;3H2,(H3,2,4,5);1H2. The first-order valence-corrected chi connectivity index (χ1v) is 3.03. The number of carbonyl (C=O) groups is 1. The molecule has 0 fully saturated rings. The number of hydrazine groups is 1. The molecule has 0 saturated carbocycles. The second-order valence-electron chi connectivity index (χ2n) is 1.66. The minimum atomic E-state index is -0.718. The summed E-state index contributed by atoms with van der Waals surface area (Å²) in [6, 6.07) is 11.3. The number of nitrogens with two attached hydrogens (primary N) is 2. The third-order valence-corrected chi connectivity index (χ3v) is 0.809. The lowest BCUT2D eigenvalue weighted by Crippen LogP contribution is -2.34. The van der Waals surface area contributed by atoms with Crippen LogP contribution in [0.4, 0.5) is 4.79 Å². The number of hydrogen-bond donors (Lipinski definition) is 3. The van der Waals surface area contributed by atoms with Crippen molar-refractivity contribution < 1.29 is 4.79 Å². The predicted molar refractivity (Wildman–Crippen MR) is 53.7 cm³/mol. The molecule has 5 heteroatoms. The third-order valence-electron chi connectivity index (χ3n) is 0.809. The Morgan fingerprint density at radius 1 is 1.00 bits per heavy atom. The smallest absolute Gasteiger partial charge is 0.326 e. The maximum absolute atomic E-state index is 9.35. The Balaban J connectivity index is 0. The Morgan fingerprint density at radius 3 is 1.25 bits per heavy atom. The van der Waals surface area contributed by atoms with Crippen LogP contribution in [0.5, 0.6) is 0 Å². The van der Waals surface area contributed by atoms with Gasteiger partial charge in [-0.05, 0) is 0 Å². The molecular weight excluding hydrogens is 174 g/mol. The largest absolute Gasteiger partial charge is 0.351 e. The fourth-order valence-electron chi connectivity index (χ4n) is 0.385. The average molecular weight is 187 g/mol. The molecule has 0 saturated heterocycles. The number of primary amides is 1. The van der Waals surface area contributed by atoms with E-state index >= 15 is 0 Å². The SMILES string of the molecule is NNC(N)=O.S.c1ccccc1. The monoisotopic (exact) mass is 187 g/mol. The van der Waals surface area contributed by atoms with Crippen LogP contribution in [-0.2, 0) is 0 Å². The number of carbonyl (C=O) groups excluding carboxylic acids is 1. The first-order chi connectivity index (χ1) is 5.27. The van der Waals surface area contributed by atoms with Crippen molar-refractivity contribution in [3.63, 3.8) is 0 Å². The van der Waals surface area contributed by atoms with E-state index in [1.54, 1.807) is 5.43 Å². The van der Waals surface area contributed by atoms with Crippen molar-refractivity contribution in [1.29, 1.82) is 0 Å². The number of rotatable bonds is 0. The van der Waals surface area contributed by atoms with E-state index in [2.05, 4.69) is 11.6 Å². The zero-order valence-electron chi connectivity index (χ0n) is 6.53. The molecule has 1 aromatic rings. The number of urea groups is 1. The summed E-state index contributed by atoms with van der Waals surface area (Å²) in [5.74, 6) is 4.45. The van der Waals surface area contributed by atoms with Gasteiger partial charge >= 0.3 is 6.03 Å². The Bertz CT molecular complexity index is 166. The van der Waals surface area contributed by atoms with Crippen LogP contribution < -0.4 is 17.0 Å². The first-order valence-electron chi connectivity index (χ1n) is 3.03. The average Bonchev–Trinajstić information content (AvgIpc) is 2.09. The van der Waals surface area contributed by atoms with Gasteiger partial charge in [-0.2, -0.15) is 13.5 Å². The van der Waals surface area contributed by atoms with E-state index in [1.807, 2.05) is 36.4 Å². The molecule has 0 bridgehead atoms. The molecule has 0 heterocycles. The summed E-state index contributed by atoms with van der Waals surface area (Å²) in [7, 11) is 0. The molecule has 0 atom stereocenters. The molecule has 0 aliphatic rings. The topological polar surface area (TPSA) is 81.1 Å². The van der Waals surface area contributed by atoms with Crippen molar-refractivity contribution >= 4 is 19.5 Å². The van der Waals surface area contributed by atoms with Crippen molar-refractivity contribution in [2.45, 2.75) is 0 Å². The van der Waals surface area contributed by atoms with Crippen LogP contribution in [0.2, 0.25) is 0 Å². The van der Waals surface area contributed by atoms with Gasteiger partial charge in [-0.3, -0.25) is 5.43 Å². The van der Waals surface area contributed by atoms with Gasteiger partial charge in [-0.1, -0.05) is 36.4 Å². The Hall–Kier alpha value is -1.20. The molecule has 0 spiro atoms. The van der Waals surface area contributed by atoms with Gasteiger partial charge in [0.1, 0.15) is 0 Å². The van der Waals surface area contributed by atoms with Gasteiger partial charge in [-0.25, -0.2) is 10.6 Å². The van der Waals surface area contributed by atoms with Gasteiger partial charge in [0.2, 0.25) is 0 Å². The number of nitrogens with one attached hydrogen (secondary N) is 1. The van der Waals surface area contributed by atoms with Gasteiger partial charge in [0.05, 0.1) is 0 Å². The highest BCUT2D eigenvalue weighted by Gasteiger charge is 1.73. The fourth-order valence-corrected chi connectivity index (χ4v) is 0.385. The van der Waals surface area contributed by atoms with Gasteiger partial charge < -0.3 is 5.73 Å². The van der Waals surface area contributed by atoms with Crippen LogP contribution >= 0.6 is 13.5 Å². The molecule has 2 amide bonds. The molecule has 1 rings (SSSR count). The minimum absolute atomic E-state index is 0. The lowest BCUT2D eigenvalue weighted by Gasteiger charge is -1.81. The van der Waals surface area contributed by atoms with E-state index in [0.717, 1.165) is 0 Å². The van der Waals surface area contributed by atoms with Crippen LogP contribution in [0.3, 0.4) is 0 Å². The normalized spacial score (nSPS) is 6.75. The maximum Gasteiger partial charge on any atom is 0.326 e. The van der Waals surface area contributed by atoms with Crippen LogP contribution in [0.25, 0.3) is 0 Å². The quantitative estimate of drug-likeness (QED) is 0.311. The molecule has 0 unspecified atom stereocenters. The third kappa shape index (κ3) is 11.6. The molecule has 0 radical (unpaired) electrons. The Morgan fingerprint density at radius 2 is 1.17 bits per heavy atom. The zero-order chi connectivity index (χ0) is 8.53. The molecule has 68 valence electrons. The predicted octanol–water partition coefficient (Wildman–Crippen LogP) is 0.328. The van der Waals surface area contributed by atoms with Gasteiger partial charge in [0, 0.05) is 0 Å². The van der Waals surface area contributed by atoms with E-state index in [4.69, 9.17) is 0 Å². The Kier molecular flexibility index (Phi) is 10.9. The summed E-state index contributed by atoms with van der Waals surface area (Å²) in [5.41, 5.74) is 6.08. The summed E-state index contributed by atoms with van der Waals surface area (Å²) in [5, 5.41) is 0. The summed E-state index contributed by atoms with van der Waals surface area (Å²) in [6.45, 7) is 0. The van der Waals surface area contributed by atoms with E-state index in [-0.39, 0.29) is 13.5 Å². The highest BCUT2D eigenvalue weighted by atomic mass is 32.1. The van der Waals surface area contributed by atoms with E-state index < -0.39 is 6.03 Å². The highest BCUT2D eigenvalue weighted by molar-refractivity contribution is 7.59. The molecule has 4 nitrogen and oxygen atoms in total. The van der Waals surface area contributed by atoms with Crippen LogP contribution in [0.1, 0.15) is 0 Å². The first kappa shape index (κ1) is 13.4. The molecule has 0 aromatic heterocycles. The molecule has 5 N–H and O–H groups in total. The lowest BCUT2D eigenvalue weighted by molar-refractivity contribution is 0.249. The van der Waals surface area contributed by atoms with Crippen molar-refractivity contribution in [3.05, 3.63) is 36.4 Å². The lowest BCUT2D eigenvalue weighted by atomic mass is 10.4. The van der Waals surface area contributed by atoms with Gasteiger partial charge in [-0.15, -0.1) is 0 Å². The summed E-state index contributed by atoms with van der Waals surface area (Å²) < 4.78 is 0. The highest BCUT2D eigenvalue weighted by Crippen LogP contribution is 1.79. The fraction of sp³-hybridized carbons (Fsp3) is 0. The van der Waals surface area contributed by atoms with Gasteiger partial charge in [0.15, 0.2) is 0 Å².